The maximum absolute atomic E-state index is 2.36. The fourth-order valence-electron chi connectivity index (χ4n) is 1.32. The van der Waals surface area contributed by atoms with Crippen molar-refractivity contribution in [2.45, 2.75) is 26.7 Å². The van der Waals surface area contributed by atoms with Gasteiger partial charge >= 0.3 is 0 Å². The Morgan fingerprint density at radius 2 is 1.18 bits per heavy atom. The van der Waals surface area contributed by atoms with Crippen molar-refractivity contribution in [3.63, 3.8) is 0 Å². The predicted molar refractivity (Wildman–Crippen MR) is 50.7 cm³/mol. The number of nitrogens with zero attached hydrogens (tertiary/aromatic N) is 2. The van der Waals surface area contributed by atoms with Crippen molar-refractivity contribution in [2.75, 3.05) is 33.9 Å². The van der Waals surface area contributed by atoms with E-state index in [1.54, 1.807) is 0 Å². The van der Waals surface area contributed by atoms with Gasteiger partial charge in [0.25, 0.3) is 0 Å². The highest BCUT2D eigenvalue weighted by Crippen LogP contribution is 1.91. The number of hydrogen-bond donors (Lipinski definition) is 0. The van der Waals surface area contributed by atoms with Crippen LogP contribution in [0.25, 0.3) is 0 Å². The van der Waals surface area contributed by atoms with Crippen LogP contribution in [0.3, 0.4) is 0 Å². The molecule has 11 heavy (non-hydrogen) atoms. The third kappa shape index (κ3) is 6.32. The van der Waals surface area contributed by atoms with E-state index in [-0.39, 0.29) is 0 Å². The fraction of sp³-hybridized carbons (Fsp3) is 1.00. The van der Waals surface area contributed by atoms with E-state index in [0.717, 1.165) is 6.67 Å². The van der Waals surface area contributed by atoms with Crippen LogP contribution in [0.1, 0.15) is 26.7 Å². The maximum atomic E-state index is 2.36. The summed E-state index contributed by atoms with van der Waals surface area (Å²) in [6, 6.07) is 0. The molecule has 2 nitrogen and oxygen atoms in total. The summed E-state index contributed by atoms with van der Waals surface area (Å²) < 4.78 is 0. The Labute approximate surface area is 71.2 Å². The van der Waals surface area contributed by atoms with Crippen molar-refractivity contribution < 1.29 is 0 Å². The lowest BCUT2D eigenvalue weighted by Crippen LogP contribution is -2.33. The van der Waals surface area contributed by atoms with Gasteiger partial charge in [0.2, 0.25) is 0 Å². The van der Waals surface area contributed by atoms with Gasteiger partial charge in [0, 0.05) is 0 Å². The van der Waals surface area contributed by atoms with Gasteiger partial charge in [-0.2, -0.15) is 0 Å². The summed E-state index contributed by atoms with van der Waals surface area (Å²) in [7, 11) is 4.35. The Bertz CT molecular complexity index is 73.6. The first-order chi connectivity index (χ1) is 5.20. The molecule has 0 aliphatic carbocycles. The first kappa shape index (κ1) is 10.9. The van der Waals surface area contributed by atoms with Crippen LogP contribution >= 0.6 is 0 Å². The van der Waals surface area contributed by atoms with E-state index in [2.05, 4.69) is 37.7 Å². The minimum atomic E-state index is 1.10. The van der Waals surface area contributed by atoms with Crippen LogP contribution < -0.4 is 0 Å². The van der Waals surface area contributed by atoms with Gasteiger partial charge < -0.3 is 0 Å². The summed E-state index contributed by atoms with van der Waals surface area (Å²) >= 11 is 0. The molecular formula is C9H22N2. The lowest BCUT2D eigenvalue weighted by Gasteiger charge is -2.23. The van der Waals surface area contributed by atoms with Crippen molar-refractivity contribution in [1.82, 2.24) is 9.80 Å². The smallest absolute Gasteiger partial charge is 0.0500 e. The lowest BCUT2D eigenvalue weighted by atomic mass is 10.4. The number of hydrogen-bond acceptors (Lipinski definition) is 2. The van der Waals surface area contributed by atoms with Gasteiger partial charge in [-0.3, -0.25) is 9.80 Å². The Morgan fingerprint density at radius 1 is 0.818 bits per heavy atom. The first-order valence-corrected chi connectivity index (χ1v) is 4.57. The summed E-state index contributed by atoms with van der Waals surface area (Å²) in [6.07, 6.45) is 2.49. The lowest BCUT2D eigenvalue weighted by molar-refractivity contribution is 0.183. The highest BCUT2D eigenvalue weighted by Gasteiger charge is 1.99. The second-order valence-corrected chi connectivity index (χ2v) is 3.30. The summed E-state index contributed by atoms with van der Waals surface area (Å²) in [6.45, 7) is 7.94. The minimum Gasteiger partial charge on any atom is -0.294 e. The van der Waals surface area contributed by atoms with Crippen LogP contribution in [0.2, 0.25) is 0 Å². The van der Waals surface area contributed by atoms with Crippen LogP contribution in [0, 0.1) is 0 Å². The highest BCUT2D eigenvalue weighted by molar-refractivity contribution is 4.50. The van der Waals surface area contributed by atoms with Gasteiger partial charge in [0.05, 0.1) is 6.67 Å². The largest absolute Gasteiger partial charge is 0.294 e. The van der Waals surface area contributed by atoms with Gasteiger partial charge in [-0.05, 0) is 40.0 Å². The van der Waals surface area contributed by atoms with Gasteiger partial charge in [-0.1, -0.05) is 13.8 Å². The summed E-state index contributed by atoms with van der Waals surface area (Å²) in [4.78, 5) is 4.71. The van der Waals surface area contributed by atoms with E-state index < -0.39 is 0 Å². The van der Waals surface area contributed by atoms with Crippen molar-refractivity contribution in [3.05, 3.63) is 0 Å². The molecule has 2 heteroatoms. The zero-order valence-corrected chi connectivity index (χ0v) is 8.43. The molecular weight excluding hydrogens is 136 g/mol. The van der Waals surface area contributed by atoms with E-state index in [1.165, 1.54) is 25.9 Å². The van der Waals surface area contributed by atoms with Crippen LogP contribution in [0.15, 0.2) is 0 Å². The quantitative estimate of drug-likeness (QED) is 0.542. The standard InChI is InChI=1S/C9H22N2/c1-5-7-10(3)9-11(4)8-6-2/h5-9H2,1-4H3. The molecule has 0 unspecified atom stereocenters. The molecule has 0 fully saturated rings. The summed E-state index contributed by atoms with van der Waals surface area (Å²) in [5, 5.41) is 0. The minimum absolute atomic E-state index is 1.10. The molecule has 0 amide bonds. The topological polar surface area (TPSA) is 6.48 Å². The molecule has 0 aromatic carbocycles. The van der Waals surface area contributed by atoms with E-state index in [9.17, 15) is 0 Å². The Hall–Kier alpha value is -0.0800. The third-order valence-electron chi connectivity index (χ3n) is 1.69. The monoisotopic (exact) mass is 158 g/mol. The second kappa shape index (κ2) is 6.62. The molecule has 0 aromatic heterocycles. The van der Waals surface area contributed by atoms with E-state index >= 15 is 0 Å². The maximum Gasteiger partial charge on any atom is 0.0500 e. The zero-order valence-electron chi connectivity index (χ0n) is 8.43. The van der Waals surface area contributed by atoms with Crippen molar-refractivity contribution in [1.29, 1.82) is 0 Å². The molecule has 68 valence electrons. The highest BCUT2D eigenvalue weighted by atomic mass is 15.3. The van der Waals surface area contributed by atoms with E-state index in [1.807, 2.05) is 0 Å². The van der Waals surface area contributed by atoms with Gasteiger partial charge in [-0.25, -0.2) is 0 Å². The van der Waals surface area contributed by atoms with Crippen molar-refractivity contribution in [3.8, 4) is 0 Å². The molecule has 0 rings (SSSR count). The summed E-state index contributed by atoms with van der Waals surface area (Å²) in [5.41, 5.74) is 0. The molecule has 0 heterocycles. The SMILES string of the molecule is CCCN(C)CN(C)CCC. The van der Waals surface area contributed by atoms with Crippen molar-refractivity contribution >= 4 is 0 Å². The van der Waals surface area contributed by atoms with Gasteiger partial charge in [0.15, 0.2) is 0 Å². The van der Waals surface area contributed by atoms with Crippen LogP contribution in [0.4, 0.5) is 0 Å². The Morgan fingerprint density at radius 3 is 1.45 bits per heavy atom. The van der Waals surface area contributed by atoms with Gasteiger partial charge in [-0.15, -0.1) is 0 Å². The second-order valence-electron chi connectivity index (χ2n) is 3.30. The number of rotatable bonds is 6. The molecule has 0 atom stereocenters. The molecule has 0 radical (unpaired) electrons. The fourth-order valence-corrected chi connectivity index (χ4v) is 1.32. The molecule has 0 saturated carbocycles. The third-order valence-corrected chi connectivity index (χ3v) is 1.69. The predicted octanol–water partition coefficient (Wildman–Crippen LogP) is 1.63. The average molecular weight is 158 g/mol. The molecule has 0 aliphatic rings. The van der Waals surface area contributed by atoms with Crippen LogP contribution in [-0.4, -0.2) is 43.7 Å². The molecule has 0 aliphatic heterocycles. The van der Waals surface area contributed by atoms with Crippen molar-refractivity contribution in [2.24, 2.45) is 0 Å². The van der Waals surface area contributed by atoms with Crippen LogP contribution in [0.5, 0.6) is 0 Å². The Kier molecular flexibility index (Phi) is 6.57. The van der Waals surface area contributed by atoms with E-state index in [4.69, 9.17) is 0 Å². The van der Waals surface area contributed by atoms with Gasteiger partial charge in [0.1, 0.15) is 0 Å². The molecule has 0 N–H and O–H groups in total. The average Bonchev–Trinajstić information content (AvgIpc) is 1.87. The normalized spacial score (nSPS) is 11.5. The molecule has 0 aromatic rings. The molecule has 0 bridgehead atoms. The molecule has 0 spiro atoms. The summed E-state index contributed by atoms with van der Waals surface area (Å²) in [5.74, 6) is 0. The zero-order chi connectivity index (χ0) is 8.69. The molecule has 0 saturated heterocycles. The first-order valence-electron chi connectivity index (χ1n) is 4.57. The van der Waals surface area contributed by atoms with E-state index in [0.29, 0.717) is 0 Å². The van der Waals surface area contributed by atoms with Crippen LogP contribution in [-0.2, 0) is 0 Å². The Balaban J connectivity index is 3.32.